The number of fused-ring (bicyclic) bond motifs is 1. The number of nitrogens with zero attached hydrogens (tertiary/aromatic N) is 1. The first kappa shape index (κ1) is 30.0. The Morgan fingerprint density at radius 3 is 2.41 bits per heavy atom. The minimum Gasteiger partial charge on any atom is -0.490 e. The number of nitrogens with two attached hydrogens (primary N) is 1. The van der Waals surface area contributed by atoms with E-state index in [1.54, 1.807) is 48.5 Å². The number of ether oxygens (including phenoxy) is 5. The van der Waals surface area contributed by atoms with E-state index in [1.165, 1.54) is 12.1 Å². The van der Waals surface area contributed by atoms with E-state index in [0.29, 0.717) is 35.2 Å². The Hall–Kier alpha value is -5.49. The van der Waals surface area contributed by atoms with Gasteiger partial charge in [-0.2, -0.15) is 5.26 Å². The Labute approximate surface area is 255 Å². The number of hydrogen-bond acceptors (Lipinski definition) is 8. The van der Waals surface area contributed by atoms with Gasteiger partial charge in [-0.15, -0.1) is 0 Å². The molecular weight excluding hydrogens is 563 g/mol. The molecule has 1 unspecified atom stereocenters. The summed E-state index contributed by atoms with van der Waals surface area (Å²) in [7, 11) is 0. The number of aryl methyl sites for hydroxylation is 2. The van der Waals surface area contributed by atoms with Crippen LogP contribution in [-0.2, 0) is 11.4 Å². The molecule has 224 valence electrons. The molecule has 1 heterocycles. The lowest BCUT2D eigenvalue weighted by Crippen LogP contribution is -2.22. The van der Waals surface area contributed by atoms with Crippen LogP contribution in [0.15, 0.2) is 90.3 Å². The van der Waals surface area contributed by atoms with Crippen LogP contribution in [-0.4, -0.2) is 19.2 Å². The fourth-order valence-corrected chi connectivity index (χ4v) is 4.78. The highest BCUT2D eigenvalue weighted by Crippen LogP contribution is 2.45. The number of nitriles is 1. The molecule has 0 radical (unpaired) electrons. The molecule has 1 aliphatic heterocycles. The van der Waals surface area contributed by atoms with Gasteiger partial charge in [0, 0.05) is 11.6 Å². The van der Waals surface area contributed by atoms with Gasteiger partial charge < -0.3 is 29.4 Å². The fraction of sp³-hybridized carbons (Fsp3) is 0.200. The number of carbonyl (C=O) groups excluding carboxylic acids is 1. The lowest BCUT2D eigenvalue weighted by Gasteiger charge is -2.27. The van der Waals surface area contributed by atoms with Gasteiger partial charge in [0.15, 0.2) is 18.1 Å². The predicted molar refractivity (Wildman–Crippen MR) is 161 cm³/mol. The number of benzene rings is 4. The summed E-state index contributed by atoms with van der Waals surface area (Å²) in [5.74, 6) is 0.589. The molecule has 9 heteroatoms. The zero-order valence-electron chi connectivity index (χ0n) is 24.6. The molecule has 0 aliphatic carbocycles. The van der Waals surface area contributed by atoms with Crippen LogP contribution in [0.3, 0.4) is 0 Å². The van der Waals surface area contributed by atoms with E-state index < -0.39 is 11.9 Å². The molecule has 0 aromatic heterocycles. The normalized spacial score (nSPS) is 13.8. The topological polar surface area (TPSA) is 113 Å². The van der Waals surface area contributed by atoms with Crippen molar-refractivity contribution in [2.24, 2.45) is 5.73 Å². The standard InChI is InChI=1S/C35H31FN2O6/c1-4-40-32-16-24(8-14-30(32)42-19-23-6-9-25(36)10-7-23)34-28-13-12-27(17-31(28)44-35(38)29(34)18-37)43-33(39)20-41-26-11-5-21(2)22(3)15-26/h5-17,34H,4,19-20,38H2,1-3H3. The van der Waals surface area contributed by atoms with Crippen LogP contribution in [0, 0.1) is 31.0 Å². The summed E-state index contributed by atoms with van der Waals surface area (Å²) in [6.07, 6.45) is 0. The monoisotopic (exact) mass is 594 g/mol. The van der Waals surface area contributed by atoms with Crippen molar-refractivity contribution in [2.75, 3.05) is 13.2 Å². The Bertz CT molecular complexity index is 1760. The van der Waals surface area contributed by atoms with Gasteiger partial charge in [0.25, 0.3) is 0 Å². The van der Waals surface area contributed by atoms with Crippen molar-refractivity contribution < 1.29 is 32.9 Å². The molecule has 2 N–H and O–H groups in total. The van der Waals surface area contributed by atoms with Gasteiger partial charge in [0.2, 0.25) is 5.88 Å². The van der Waals surface area contributed by atoms with Crippen molar-refractivity contribution in [1.29, 1.82) is 5.26 Å². The van der Waals surface area contributed by atoms with Crippen molar-refractivity contribution in [3.63, 3.8) is 0 Å². The van der Waals surface area contributed by atoms with E-state index in [2.05, 4.69) is 6.07 Å². The maximum Gasteiger partial charge on any atom is 0.349 e. The molecule has 0 spiro atoms. The average Bonchev–Trinajstić information content (AvgIpc) is 3.01. The summed E-state index contributed by atoms with van der Waals surface area (Å²) in [4.78, 5) is 12.5. The SMILES string of the molecule is CCOc1cc(C2C(C#N)=C(N)Oc3cc(OC(=O)COc4ccc(C)c(C)c4)ccc32)ccc1OCc1ccc(F)cc1. The Morgan fingerprint density at radius 1 is 0.909 bits per heavy atom. The van der Waals surface area contributed by atoms with Crippen molar-refractivity contribution in [1.82, 2.24) is 0 Å². The molecule has 8 nitrogen and oxygen atoms in total. The molecule has 0 amide bonds. The molecule has 5 rings (SSSR count). The number of carbonyl (C=O) groups is 1. The van der Waals surface area contributed by atoms with Crippen LogP contribution in [0.2, 0.25) is 0 Å². The van der Waals surface area contributed by atoms with Crippen LogP contribution in [0.4, 0.5) is 4.39 Å². The Morgan fingerprint density at radius 2 is 1.68 bits per heavy atom. The maximum atomic E-state index is 13.3. The molecule has 0 bridgehead atoms. The van der Waals surface area contributed by atoms with Crippen LogP contribution in [0.25, 0.3) is 0 Å². The molecule has 44 heavy (non-hydrogen) atoms. The molecular formula is C35H31FN2O6. The summed E-state index contributed by atoms with van der Waals surface area (Å²) in [5, 5.41) is 10.0. The van der Waals surface area contributed by atoms with Gasteiger partial charge in [-0.05, 0) is 85.5 Å². The van der Waals surface area contributed by atoms with E-state index in [1.807, 2.05) is 39.0 Å². The van der Waals surface area contributed by atoms with Gasteiger partial charge in [-0.25, -0.2) is 9.18 Å². The van der Waals surface area contributed by atoms with Gasteiger partial charge in [0.1, 0.15) is 41.3 Å². The third kappa shape index (κ3) is 6.76. The number of hydrogen-bond donors (Lipinski definition) is 1. The number of rotatable bonds is 10. The molecule has 0 fully saturated rings. The van der Waals surface area contributed by atoms with Gasteiger partial charge in [-0.3, -0.25) is 0 Å². The number of allylic oxidation sites excluding steroid dienone is 1. The van der Waals surface area contributed by atoms with E-state index in [4.69, 9.17) is 29.4 Å². The van der Waals surface area contributed by atoms with E-state index >= 15 is 0 Å². The average molecular weight is 595 g/mol. The first-order valence-corrected chi connectivity index (χ1v) is 14.0. The number of esters is 1. The second-order valence-corrected chi connectivity index (χ2v) is 10.2. The first-order valence-electron chi connectivity index (χ1n) is 14.0. The van der Waals surface area contributed by atoms with Crippen LogP contribution < -0.4 is 29.4 Å². The molecule has 0 saturated carbocycles. The van der Waals surface area contributed by atoms with Crippen molar-refractivity contribution in [2.45, 2.75) is 33.3 Å². The summed E-state index contributed by atoms with van der Waals surface area (Å²) < 4.78 is 42.0. The molecule has 0 saturated heterocycles. The van der Waals surface area contributed by atoms with Crippen molar-refractivity contribution in [3.05, 3.63) is 124 Å². The molecule has 4 aromatic rings. The molecule has 1 atom stereocenters. The zero-order chi connectivity index (χ0) is 31.2. The molecule has 1 aliphatic rings. The Balaban J connectivity index is 1.36. The lowest BCUT2D eigenvalue weighted by atomic mass is 9.83. The van der Waals surface area contributed by atoms with Gasteiger partial charge in [-0.1, -0.05) is 30.3 Å². The molecule has 4 aromatic carbocycles. The minimum atomic E-state index is -0.589. The van der Waals surface area contributed by atoms with Crippen LogP contribution in [0.1, 0.15) is 40.7 Å². The third-order valence-corrected chi connectivity index (χ3v) is 7.17. The van der Waals surface area contributed by atoms with Crippen LogP contribution >= 0.6 is 0 Å². The maximum absolute atomic E-state index is 13.3. The van der Waals surface area contributed by atoms with E-state index in [9.17, 15) is 14.4 Å². The number of halogens is 1. The van der Waals surface area contributed by atoms with E-state index in [0.717, 1.165) is 22.3 Å². The first-order chi connectivity index (χ1) is 21.2. The van der Waals surface area contributed by atoms with Crippen molar-refractivity contribution >= 4 is 5.97 Å². The smallest absolute Gasteiger partial charge is 0.349 e. The van der Waals surface area contributed by atoms with Crippen molar-refractivity contribution in [3.8, 4) is 34.8 Å². The highest BCUT2D eigenvalue weighted by atomic mass is 19.1. The van der Waals surface area contributed by atoms with Gasteiger partial charge in [0.05, 0.1) is 12.5 Å². The highest BCUT2D eigenvalue weighted by Gasteiger charge is 2.32. The second kappa shape index (κ2) is 13.2. The van der Waals surface area contributed by atoms with Gasteiger partial charge >= 0.3 is 5.97 Å². The predicted octanol–water partition coefficient (Wildman–Crippen LogP) is 6.62. The summed E-state index contributed by atoms with van der Waals surface area (Å²) >= 11 is 0. The zero-order valence-corrected chi connectivity index (χ0v) is 24.6. The summed E-state index contributed by atoms with van der Waals surface area (Å²) in [6, 6.07) is 24.1. The fourth-order valence-electron chi connectivity index (χ4n) is 4.78. The van der Waals surface area contributed by atoms with Crippen LogP contribution in [0.5, 0.6) is 28.7 Å². The second-order valence-electron chi connectivity index (χ2n) is 10.2. The largest absolute Gasteiger partial charge is 0.490 e. The third-order valence-electron chi connectivity index (χ3n) is 7.17. The highest BCUT2D eigenvalue weighted by molar-refractivity contribution is 5.74. The van der Waals surface area contributed by atoms with E-state index in [-0.39, 0.29) is 36.2 Å². The summed E-state index contributed by atoms with van der Waals surface area (Å²) in [5.41, 5.74) is 10.8. The minimum absolute atomic E-state index is 0.0545. The Kier molecular flexibility index (Phi) is 9.01. The quantitative estimate of drug-likeness (QED) is 0.161. The lowest BCUT2D eigenvalue weighted by molar-refractivity contribution is -0.136. The summed E-state index contributed by atoms with van der Waals surface area (Å²) in [6.45, 7) is 6.14.